The summed E-state index contributed by atoms with van der Waals surface area (Å²) in [6.07, 6.45) is 5.16. The van der Waals surface area contributed by atoms with Gasteiger partial charge in [0.1, 0.15) is 0 Å². The molecule has 0 saturated heterocycles. The Hall–Kier alpha value is -1.13. The lowest BCUT2D eigenvalue weighted by molar-refractivity contribution is 0.756. The first kappa shape index (κ1) is 12.9. The van der Waals surface area contributed by atoms with Gasteiger partial charge in [0, 0.05) is 18.4 Å². The number of hydrogen-bond acceptors (Lipinski definition) is 3. The minimum Gasteiger partial charge on any atom is -0.325 e. The second-order valence-corrected chi connectivity index (χ2v) is 5.74. The van der Waals surface area contributed by atoms with Gasteiger partial charge in [-0.05, 0) is 58.4 Å². The van der Waals surface area contributed by atoms with E-state index in [4.69, 9.17) is 11.6 Å². The highest BCUT2D eigenvalue weighted by atomic mass is 79.9. The number of rotatable bonds is 1. The van der Waals surface area contributed by atoms with Gasteiger partial charge < -0.3 is 4.90 Å². The van der Waals surface area contributed by atoms with Crippen molar-refractivity contribution in [2.45, 2.75) is 19.3 Å². The van der Waals surface area contributed by atoms with Crippen LogP contribution in [0.25, 0.3) is 0 Å². The molecule has 0 amide bonds. The third-order valence-electron chi connectivity index (χ3n) is 3.31. The first-order valence-electron chi connectivity index (χ1n) is 6.29. The minimum atomic E-state index is 0.278. The van der Waals surface area contributed by atoms with Crippen LogP contribution in [0, 0.1) is 0 Å². The Morgan fingerprint density at radius 1 is 1.21 bits per heavy atom. The van der Waals surface area contributed by atoms with E-state index in [9.17, 15) is 0 Å². The van der Waals surface area contributed by atoms with E-state index >= 15 is 0 Å². The van der Waals surface area contributed by atoms with E-state index in [1.54, 1.807) is 6.20 Å². The van der Waals surface area contributed by atoms with Crippen molar-refractivity contribution >= 4 is 39.0 Å². The first-order valence-corrected chi connectivity index (χ1v) is 7.46. The number of hydrogen-bond donors (Lipinski definition) is 0. The van der Waals surface area contributed by atoms with Crippen LogP contribution in [0.3, 0.4) is 0 Å². The van der Waals surface area contributed by atoms with Crippen LogP contribution >= 0.6 is 27.5 Å². The number of para-hydroxylation sites is 1. The van der Waals surface area contributed by atoms with Crippen molar-refractivity contribution in [3.05, 3.63) is 45.8 Å². The van der Waals surface area contributed by atoms with Gasteiger partial charge in [-0.25, -0.2) is 4.98 Å². The summed E-state index contributed by atoms with van der Waals surface area (Å²) in [7, 11) is 0. The van der Waals surface area contributed by atoms with Crippen molar-refractivity contribution < 1.29 is 0 Å². The smallest absolute Gasteiger partial charge is 0.224 e. The van der Waals surface area contributed by atoms with Gasteiger partial charge in [-0.15, -0.1) is 0 Å². The molecule has 1 aromatic heterocycles. The molecule has 0 saturated carbocycles. The zero-order chi connectivity index (χ0) is 13.2. The summed E-state index contributed by atoms with van der Waals surface area (Å²) < 4.78 is 0.869. The van der Waals surface area contributed by atoms with Crippen LogP contribution in [-0.2, 0) is 6.42 Å². The zero-order valence-corrected chi connectivity index (χ0v) is 12.7. The average molecular weight is 339 g/mol. The summed E-state index contributed by atoms with van der Waals surface area (Å²) >= 11 is 9.45. The maximum atomic E-state index is 5.93. The van der Waals surface area contributed by atoms with Crippen molar-refractivity contribution in [3.63, 3.8) is 0 Å². The summed E-state index contributed by atoms with van der Waals surface area (Å²) in [6.45, 7) is 0.947. The van der Waals surface area contributed by atoms with Crippen molar-refractivity contribution in [1.29, 1.82) is 0 Å². The fourth-order valence-electron chi connectivity index (χ4n) is 2.44. The molecular formula is C14H13BrClN3. The highest BCUT2D eigenvalue weighted by Gasteiger charge is 2.19. The Morgan fingerprint density at radius 3 is 2.95 bits per heavy atom. The Morgan fingerprint density at radius 2 is 2.05 bits per heavy atom. The number of benzene rings is 1. The molecule has 0 radical (unpaired) electrons. The van der Waals surface area contributed by atoms with Gasteiger partial charge in [-0.2, -0.15) is 4.98 Å². The molecule has 1 aliphatic heterocycles. The molecule has 19 heavy (non-hydrogen) atoms. The standard InChI is InChI=1S/C14H13BrClN3/c15-11-9-17-14(16)18-13(11)19-8-4-3-6-10-5-1-2-7-12(10)19/h1-2,5,7,9H,3-4,6,8H2. The molecule has 3 nitrogen and oxygen atoms in total. The van der Waals surface area contributed by atoms with E-state index in [-0.39, 0.29) is 5.28 Å². The highest BCUT2D eigenvalue weighted by Crippen LogP contribution is 2.35. The molecule has 1 aliphatic rings. The monoisotopic (exact) mass is 337 g/mol. The van der Waals surface area contributed by atoms with Crippen LogP contribution < -0.4 is 4.90 Å². The van der Waals surface area contributed by atoms with Crippen LogP contribution in [0.15, 0.2) is 34.9 Å². The molecule has 1 aromatic carbocycles. The Kier molecular flexibility index (Phi) is 3.71. The predicted octanol–water partition coefficient (Wildman–Crippen LogP) is 4.37. The number of fused-ring (bicyclic) bond motifs is 1. The van der Waals surface area contributed by atoms with E-state index in [1.807, 2.05) is 0 Å². The van der Waals surface area contributed by atoms with Gasteiger partial charge in [0.15, 0.2) is 5.82 Å². The maximum Gasteiger partial charge on any atom is 0.224 e. The molecule has 0 unspecified atom stereocenters. The van der Waals surface area contributed by atoms with E-state index < -0.39 is 0 Å². The van der Waals surface area contributed by atoms with Crippen molar-refractivity contribution in [2.24, 2.45) is 0 Å². The van der Waals surface area contributed by atoms with Gasteiger partial charge >= 0.3 is 0 Å². The summed E-state index contributed by atoms with van der Waals surface area (Å²) in [5.41, 5.74) is 2.58. The maximum absolute atomic E-state index is 5.93. The first-order chi connectivity index (χ1) is 9.25. The molecule has 0 aliphatic carbocycles. The van der Waals surface area contributed by atoms with Crippen LogP contribution in [0.2, 0.25) is 5.28 Å². The molecule has 3 rings (SSSR count). The third kappa shape index (κ3) is 2.60. The lowest BCUT2D eigenvalue weighted by Crippen LogP contribution is -2.20. The SMILES string of the molecule is Clc1ncc(Br)c(N2CCCCc3ccccc32)n1. The predicted molar refractivity (Wildman–Crippen MR) is 81.1 cm³/mol. The number of anilines is 2. The average Bonchev–Trinajstić information content (AvgIpc) is 2.64. The van der Waals surface area contributed by atoms with E-state index in [1.165, 1.54) is 17.7 Å². The van der Waals surface area contributed by atoms with E-state index in [0.717, 1.165) is 29.7 Å². The number of halogens is 2. The molecule has 0 fully saturated rings. The molecule has 0 N–H and O–H groups in total. The van der Waals surface area contributed by atoms with E-state index in [2.05, 4.69) is 55.1 Å². The number of nitrogens with zero attached hydrogens (tertiary/aromatic N) is 3. The Labute approximate surface area is 125 Å². The largest absolute Gasteiger partial charge is 0.325 e. The van der Waals surface area contributed by atoms with Gasteiger partial charge in [0.2, 0.25) is 5.28 Å². The zero-order valence-electron chi connectivity index (χ0n) is 10.3. The topological polar surface area (TPSA) is 29.0 Å². The Balaban J connectivity index is 2.11. The third-order valence-corrected chi connectivity index (χ3v) is 4.05. The van der Waals surface area contributed by atoms with Crippen LogP contribution in [0.1, 0.15) is 18.4 Å². The van der Waals surface area contributed by atoms with Crippen molar-refractivity contribution in [1.82, 2.24) is 9.97 Å². The van der Waals surface area contributed by atoms with Gasteiger partial charge in [0.05, 0.1) is 4.47 Å². The van der Waals surface area contributed by atoms with Crippen molar-refractivity contribution in [2.75, 3.05) is 11.4 Å². The number of aryl methyl sites for hydroxylation is 1. The second-order valence-electron chi connectivity index (χ2n) is 4.55. The molecule has 2 aromatic rings. The molecule has 5 heteroatoms. The van der Waals surface area contributed by atoms with Crippen LogP contribution in [-0.4, -0.2) is 16.5 Å². The quantitative estimate of drug-likeness (QED) is 0.723. The van der Waals surface area contributed by atoms with Crippen LogP contribution in [0.4, 0.5) is 11.5 Å². The van der Waals surface area contributed by atoms with Crippen LogP contribution in [0.5, 0.6) is 0 Å². The lowest BCUT2D eigenvalue weighted by atomic mass is 10.1. The van der Waals surface area contributed by atoms with Crippen molar-refractivity contribution in [3.8, 4) is 0 Å². The molecule has 0 spiro atoms. The summed E-state index contributed by atoms with van der Waals surface area (Å²) in [6, 6.07) is 8.48. The Bertz CT molecular complexity index is 603. The normalized spacial score (nSPS) is 14.9. The number of aromatic nitrogens is 2. The fourth-order valence-corrected chi connectivity index (χ4v) is 2.97. The summed E-state index contributed by atoms with van der Waals surface area (Å²) in [5.74, 6) is 0.842. The lowest BCUT2D eigenvalue weighted by Gasteiger charge is -2.24. The molecule has 0 bridgehead atoms. The highest BCUT2D eigenvalue weighted by molar-refractivity contribution is 9.10. The van der Waals surface area contributed by atoms with E-state index in [0.29, 0.717) is 0 Å². The summed E-state index contributed by atoms with van der Waals surface area (Å²) in [4.78, 5) is 10.6. The molecule has 2 heterocycles. The molecule has 98 valence electrons. The van der Waals surface area contributed by atoms with Gasteiger partial charge in [-0.3, -0.25) is 0 Å². The second kappa shape index (κ2) is 5.47. The van der Waals surface area contributed by atoms with Gasteiger partial charge in [-0.1, -0.05) is 18.2 Å². The fraction of sp³-hybridized carbons (Fsp3) is 0.286. The summed E-state index contributed by atoms with van der Waals surface area (Å²) in [5, 5.41) is 0.278. The van der Waals surface area contributed by atoms with Gasteiger partial charge in [0.25, 0.3) is 0 Å². The molecule has 0 atom stereocenters. The minimum absolute atomic E-state index is 0.278. The molecular weight excluding hydrogens is 326 g/mol.